The Morgan fingerprint density at radius 1 is 1.10 bits per heavy atom. The Morgan fingerprint density at radius 3 is 2.53 bits per heavy atom. The zero-order chi connectivity index (χ0) is 21.1. The summed E-state index contributed by atoms with van der Waals surface area (Å²) < 4.78 is 46.2. The van der Waals surface area contributed by atoms with Crippen molar-refractivity contribution in [3.05, 3.63) is 59.7 Å². The maximum absolute atomic E-state index is 13.7. The third kappa shape index (κ3) is 4.40. The SMILES string of the molecule is O=C(Nc1ccc(N2CCOCC2)cc1C(F)(F)F)[C@H]1CC(c2ccccc2)=NO1. The van der Waals surface area contributed by atoms with E-state index in [0.717, 1.165) is 11.6 Å². The van der Waals surface area contributed by atoms with Crippen molar-refractivity contribution in [1.82, 2.24) is 0 Å². The molecule has 1 atom stereocenters. The molecule has 2 aromatic carbocycles. The highest BCUT2D eigenvalue weighted by molar-refractivity contribution is 6.06. The quantitative estimate of drug-likeness (QED) is 0.822. The molecule has 0 unspecified atom stereocenters. The number of hydrogen-bond donors (Lipinski definition) is 1. The van der Waals surface area contributed by atoms with Crippen molar-refractivity contribution >= 4 is 23.0 Å². The number of benzene rings is 2. The summed E-state index contributed by atoms with van der Waals surface area (Å²) in [6.07, 6.45) is -5.42. The maximum atomic E-state index is 13.7. The van der Waals surface area contributed by atoms with Gasteiger partial charge in [-0.3, -0.25) is 4.79 Å². The summed E-state index contributed by atoms with van der Waals surface area (Å²) in [5.74, 6) is -0.672. The average Bonchev–Trinajstić information content (AvgIpc) is 3.25. The van der Waals surface area contributed by atoms with E-state index in [2.05, 4.69) is 10.5 Å². The van der Waals surface area contributed by atoms with Gasteiger partial charge in [-0.2, -0.15) is 13.2 Å². The zero-order valence-electron chi connectivity index (χ0n) is 16.0. The lowest BCUT2D eigenvalue weighted by Crippen LogP contribution is -2.36. The van der Waals surface area contributed by atoms with Gasteiger partial charge in [0, 0.05) is 25.2 Å². The molecule has 2 aromatic rings. The maximum Gasteiger partial charge on any atom is 0.418 e. The summed E-state index contributed by atoms with van der Waals surface area (Å²) in [7, 11) is 0. The van der Waals surface area contributed by atoms with Crippen molar-refractivity contribution < 1.29 is 27.5 Å². The minimum absolute atomic E-state index is 0.184. The van der Waals surface area contributed by atoms with Gasteiger partial charge in [-0.15, -0.1) is 0 Å². The fraction of sp³-hybridized carbons (Fsp3) is 0.333. The standard InChI is InChI=1S/C21H20F3N3O3/c22-21(23,24)16-12-15(27-8-10-29-11-9-27)6-7-17(16)25-20(28)19-13-18(26-30-19)14-4-2-1-3-5-14/h1-7,12,19H,8-11,13H2,(H,25,28)/t19-/m1/s1. The predicted octanol–water partition coefficient (Wildman–Crippen LogP) is 3.67. The van der Waals surface area contributed by atoms with Gasteiger partial charge in [0.1, 0.15) is 0 Å². The van der Waals surface area contributed by atoms with E-state index in [1.165, 1.54) is 6.07 Å². The fourth-order valence-electron chi connectivity index (χ4n) is 3.43. The third-order valence-corrected chi connectivity index (χ3v) is 5.01. The summed E-state index contributed by atoms with van der Waals surface area (Å²) in [5, 5.41) is 6.27. The molecule has 158 valence electrons. The highest BCUT2D eigenvalue weighted by Crippen LogP contribution is 2.37. The second kappa shape index (κ2) is 8.35. The zero-order valence-corrected chi connectivity index (χ0v) is 16.0. The second-order valence-corrected chi connectivity index (χ2v) is 7.02. The molecule has 6 nitrogen and oxygen atoms in total. The number of hydrogen-bond acceptors (Lipinski definition) is 5. The van der Waals surface area contributed by atoms with E-state index >= 15 is 0 Å². The molecule has 2 aliphatic rings. The Labute approximate surface area is 171 Å². The molecule has 30 heavy (non-hydrogen) atoms. The van der Waals surface area contributed by atoms with Crippen LogP contribution >= 0.6 is 0 Å². The number of anilines is 2. The number of carbonyl (C=O) groups is 1. The number of halogens is 3. The number of ether oxygens (including phenoxy) is 1. The van der Waals surface area contributed by atoms with Crippen molar-refractivity contribution in [3.63, 3.8) is 0 Å². The van der Waals surface area contributed by atoms with Crippen LogP contribution in [0.1, 0.15) is 17.5 Å². The lowest BCUT2D eigenvalue weighted by atomic mass is 10.0. The molecule has 0 saturated carbocycles. The van der Waals surface area contributed by atoms with Gasteiger partial charge in [-0.05, 0) is 23.8 Å². The van der Waals surface area contributed by atoms with E-state index in [0.29, 0.717) is 37.7 Å². The summed E-state index contributed by atoms with van der Waals surface area (Å²) >= 11 is 0. The number of nitrogens with one attached hydrogen (secondary N) is 1. The molecule has 0 aliphatic carbocycles. The molecule has 2 aliphatic heterocycles. The smallest absolute Gasteiger partial charge is 0.382 e. The number of morpholine rings is 1. The van der Waals surface area contributed by atoms with Gasteiger partial charge in [0.05, 0.1) is 30.2 Å². The molecule has 4 rings (SSSR count). The van der Waals surface area contributed by atoms with Crippen molar-refractivity contribution in [2.45, 2.75) is 18.7 Å². The summed E-state index contributed by atoms with van der Waals surface area (Å²) in [6, 6.07) is 13.1. The molecule has 0 bridgehead atoms. The Morgan fingerprint density at radius 2 is 1.83 bits per heavy atom. The van der Waals surface area contributed by atoms with Crippen LogP contribution in [0.5, 0.6) is 0 Å². The van der Waals surface area contributed by atoms with Gasteiger partial charge < -0.3 is 19.8 Å². The van der Waals surface area contributed by atoms with Gasteiger partial charge in [0.2, 0.25) is 6.10 Å². The third-order valence-electron chi connectivity index (χ3n) is 5.01. The van der Waals surface area contributed by atoms with Crippen LogP contribution in [0, 0.1) is 0 Å². The highest BCUT2D eigenvalue weighted by Gasteiger charge is 2.36. The van der Waals surface area contributed by atoms with E-state index < -0.39 is 23.8 Å². The molecular weight excluding hydrogens is 399 g/mol. The molecule has 1 fully saturated rings. The van der Waals surface area contributed by atoms with Crippen LogP contribution in [0.3, 0.4) is 0 Å². The Kier molecular flexibility index (Phi) is 5.63. The first kappa shape index (κ1) is 20.2. The first-order valence-corrected chi connectivity index (χ1v) is 9.55. The molecular formula is C21H20F3N3O3. The fourth-order valence-corrected chi connectivity index (χ4v) is 3.43. The van der Waals surface area contributed by atoms with Gasteiger partial charge in [0.25, 0.3) is 5.91 Å². The summed E-state index contributed by atoms with van der Waals surface area (Å²) in [5.41, 5.74) is 0.617. The molecule has 1 amide bonds. The number of oxime groups is 1. The van der Waals surface area contributed by atoms with Crippen LogP contribution < -0.4 is 10.2 Å². The van der Waals surface area contributed by atoms with E-state index in [4.69, 9.17) is 9.57 Å². The Balaban J connectivity index is 1.49. The molecule has 2 heterocycles. The molecule has 1 N–H and O–H groups in total. The minimum Gasteiger partial charge on any atom is -0.382 e. The molecule has 0 radical (unpaired) electrons. The van der Waals surface area contributed by atoms with Gasteiger partial charge >= 0.3 is 6.18 Å². The van der Waals surface area contributed by atoms with Crippen molar-refractivity contribution in [3.8, 4) is 0 Å². The van der Waals surface area contributed by atoms with Crippen LogP contribution in [0.15, 0.2) is 53.7 Å². The molecule has 0 spiro atoms. The predicted molar refractivity (Wildman–Crippen MR) is 106 cm³/mol. The monoisotopic (exact) mass is 419 g/mol. The normalized spacial score (nSPS) is 19.2. The van der Waals surface area contributed by atoms with E-state index in [-0.39, 0.29) is 12.1 Å². The molecule has 9 heteroatoms. The second-order valence-electron chi connectivity index (χ2n) is 7.02. The number of alkyl halides is 3. The number of amides is 1. The number of nitrogens with zero attached hydrogens (tertiary/aromatic N) is 2. The van der Waals surface area contributed by atoms with Gasteiger partial charge in [-0.1, -0.05) is 35.5 Å². The Bertz CT molecular complexity index is 942. The summed E-state index contributed by atoms with van der Waals surface area (Å²) in [6.45, 7) is 1.95. The van der Waals surface area contributed by atoms with Crippen LogP contribution in [0.4, 0.5) is 24.5 Å². The average molecular weight is 419 g/mol. The van der Waals surface area contributed by atoms with Crippen LogP contribution in [-0.2, 0) is 20.5 Å². The van der Waals surface area contributed by atoms with Crippen LogP contribution in [0.25, 0.3) is 0 Å². The number of rotatable bonds is 4. The molecule has 1 saturated heterocycles. The van der Waals surface area contributed by atoms with Gasteiger partial charge in [-0.25, -0.2) is 0 Å². The first-order chi connectivity index (χ1) is 14.4. The Hall–Kier alpha value is -3.07. The topological polar surface area (TPSA) is 63.2 Å². The van der Waals surface area contributed by atoms with E-state index in [1.807, 2.05) is 35.2 Å². The van der Waals surface area contributed by atoms with E-state index in [1.54, 1.807) is 6.07 Å². The van der Waals surface area contributed by atoms with Crippen molar-refractivity contribution in [2.24, 2.45) is 5.16 Å². The van der Waals surface area contributed by atoms with Crippen molar-refractivity contribution in [2.75, 3.05) is 36.5 Å². The first-order valence-electron chi connectivity index (χ1n) is 9.55. The van der Waals surface area contributed by atoms with Crippen molar-refractivity contribution in [1.29, 1.82) is 0 Å². The van der Waals surface area contributed by atoms with E-state index in [9.17, 15) is 18.0 Å². The van der Waals surface area contributed by atoms with Crippen LogP contribution in [-0.4, -0.2) is 44.0 Å². The lowest BCUT2D eigenvalue weighted by molar-refractivity contribution is -0.137. The van der Waals surface area contributed by atoms with Gasteiger partial charge in [0.15, 0.2) is 0 Å². The highest BCUT2D eigenvalue weighted by atomic mass is 19.4. The summed E-state index contributed by atoms with van der Waals surface area (Å²) in [4.78, 5) is 19.5. The lowest BCUT2D eigenvalue weighted by Gasteiger charge is -2.29. The minimum atomic E-state index is -4.62. The number of carbonyl (C=O) groups excluding carboxylic acids is 1. The van der Waals surface area contributed by atoms with Crippen LogP contribution in [0.2, 0.25) is 0 Å². The largest absolute Gasteiger partial charge is 0.418 e. The molecule has 0 aromatic heterocycles.